The normalized spacial score (nSPS) is 11.7. The molecule has 1 aromatic carbocycles. The highest BCUT2D eigenvalue weighted by Gasteiger charge is 2.15. The maximum atomic E-state index is 11.5. The molecule has 0 spiro atoms. The summed E-state index contributed by atoms with van der Waals surface area (Å²) in [4.78, 5) is 33.5. The van der Waals surface area contributed by atoms with E-state index in [2.05, 4.69) is 5.32 Å². The first-order valence-electron chi connectivity index (χ1n) is 5.88. The summed E-state index contributed by atoms with van der Waals surface area (Å²) < 4.78 is 0. The molecular weight excluding hydrogens is 296 g/mol. The van der Waals surface area contributed by atoms with E-state index in [0.717, 1.165) is 0 Å². The highest BCUT2D eigenvalue weighted by Crippen LogP contribution is 2.26. The summed E-state index contributed by atoms with van der Waals surface area (Å²) in [6.07, 6.45) is 0. The van der Waals surface area contributed by atoms with Crippen LogP contribution in [0.4, 0.5) is 5.69 Å². The molecule has 21 heavy (non-hydrogen) atoms. The van der Waals surface area contributed by atoms with Crippen LogP contribution in [0.2, 0.25) is 0 Å². The number of hydrogen-bond acceptors (Lipinski definition) is 6. The zero-order valence-corrected chi connectivity index (χ0v) is 11.9. The number of nitrogens with one attached hydrogen (secondary N) is 1. The summed E-state index contributed by atoms with van der Waals surface area (Å²) in [5.41, 5.74) is 17.2. The standard InChI is InChI=1S/C12H16N4O4S/c13-7-3-6(11(15)19)1-2-9(7)21-5-8(14)12(20)16-4-10(17)18/h1-3,8H,4-5,13-14H2,(H2,15,19)(H,16,20)(H,17,18). The highest BCUT2D eigenvalue weighted by molar-refractivity contribution is 7.99. The topological polar surface area (TPSA) is 162 Å². The Morgan fingerprint density at radius 1 is 1.33 bits per heavy atom. The summed E-state index contributed by atoms with van der Waals surface area (Å²) in [5, 5.41) is 10.6. The number of carboxylic acid groups (broad SMARTS) is 1. The molecule has 9 heteroatoms. The molecular formula is C12H16N4O4S. The summed E-state index contributed by atoms with van der Waals surface area (Å²) in [6.45, 7) is -0.480. The number of benzene rings is 1. The first kappa shape index (κ1) is 16.8. The zero-order valence-electron chi connectivity index (χ0n) is 11.0. The van der Waals surface area contributed by atoms with Crippen molar-refractivity contribution in [1.29, 1.82) is 0 Å². The lowest BCUT2D eigenvalue weighted by molar-refractivity contribution is -0.138. The van der Waals surface area contributed by atoms with Crippen LogP contribution in [0.1, 0.15) is 10.4 Å². The van der Waals surface area contributed by atoms with Crippen molar-refractivity contribution in [1.82, 2.24) is 5.32 Å². The molecule has 1 atom stereocenters. The first-order valence-corrected chi connectivity index (χ1v) is 6.87. The van der Waals surface area contributed by atoms with Gasteiger partial charge in [0, 0.05) is 21.9 Å². The van der Waals surface area contributed by atoms with E-state index in [1.807, 2.05) is 0 Å². The predicted octanol–water partition coefficient (Wildman–Crippen LogP) is -1.01. The Labute approximate surface area is 125 Å². The van der Waals surface area contributed by atoms with E-state index >= 15 is 0 Å². The highest BCUT2D eigenvalue weighted by atomic mass is 32.2. The molecule has 8 nitrogen and oxygen atoms in total. The molecule has 0 radical (unpaired) electrons. The summed E-state index contributed by atoms with van der Waals surface area (Å²) >= 11 is 1.23. The van der Waals surface area contributed by atoms with E-state index in [9.17, 15) is 14.4 Å². The third-order valence-corrected chi connectivity index (χ3v) is 3.67. The molecule has 8 N–H and O–H groups in total. The van der Waals surface area contributed by atoms with Gasteiger partial charge in [0.2, 0.25) is 11.8 Å². The van der Waals surface area contributed by atoms with Crippen LogP contribution in [0.15, 0.2) is 23.1 Å². The fourth-order valence-electron chi connectivity index (χ4n) is 1.38. The minimum Gasteiger partial charge on any atom is -0.480 e. The average Bonchev–Trinajstić information content (AvgIpc) is 2.42. The summed E-state index contributed by atoms with van der Waals surface area (Å²) in [5.74, 6) is -2.07. The molecule has 114 valence electrons. The van der Waals surface area contributed by atoms with Crippen molar-refractivity contribution in [2.24, 2.45) is 11.5 Å². The predicted molar refractivity (Wildman–Crippen MR) is 78.7 cm³/mol. The molecule has 0 bridgehead atoms. The Kier molecular flexibility index (Phi) is 6.00. The van der Waals surface area contributed by atoms with E-state index in [4.69, 9.17) is 22.3 Å². The van der Waals surface area contributed by atoms with E-state index in [1.165, 1.54) is 23.9 Å². The third-order valence-electron chi connectivity index (χ3n) is 2.46. The quantitative estimate of drug-likeness (QED) is 0.318. The number of anilines is 1. The Hall–Kier alpha value is -2.26. The van der Waals surface area contributed by atoms with Gasteiger partial charge in [0.25, 0.3) is 0 Å². The molecule has 2 amide bonds. The van der Waals surface area contributed by atoms with Crippen molar-refractivity contribution < 1.29 is 19.5 Å². The van der Waals surface area contributed by atoms with Crippen LogP contribution in [0, 0.1) is 0 Å². The minimum atomic E-state index is -1.14. The maximum Gasteiger partial charge on any atom is 0.322 e. The van der Waals surface area contributed by atoms with Gasteiger partial charge in [0.15, 0.2) is 0 Å². The van der Waals surface area contributed by atoms with Gasteiger partial charge in [-0.15, -0.1) is 11.8 Å². The van der Waals surface area contributed by atoms with Crippen LogP contribution in [0.5, 0.6) is 0 Å². The van der Waals surface area contributed by atoms with Crippen molar-refractivity contribution >= 4 is 35.2 Å². The van der Waals surface area contributed by atoms with Gasteiger partial charge in [0.05, 0.1) is 6.04 Å². The van der Waals surface area contributed by atoms with E-state index < -0.39 is 30.4 Å². The van der Waals surface area contributed by atoms with Gasteiger partial charge in [-0.2, -0.15) is 0 Å². The second kappa shape index (κ2) is 7.50. The van der Waals surface area contributed by atoms with Gasteiger partial charge in [0.1, 0.15) is 6.54 Å². The van der Waals surface area contributed by atoms with Crippen molar-refractivity contribution in [2.45, 2.75) is 10.9 Å². The summed E-state index contributed by atoms with van der Waals surface area (Å²) in [7, 11) is 0. The van der Waals surface area contributed by atoms with Crippen LogP contribution in [-0.2, 0) is 9.59 Å². The van der Waals surface area contributed by atoms with E-state index in [-0.39, 0.29) is 5.75 Å². The second-order valence-electron chi connectivity index (χ2n) is 4.15. The Morgan fingerprint density at radius 2 is 2.00 bits per heavy atom. The molecule has 0 fully saturated rings. The van der Waals surface area contributed by atoms with E-state index in [1.54, 1.807) is 6.07 Å². The van der Waals surface area contributed by atoms with E-state index in [0.29, 0.717) is 16.1 Å². The fraction of sp³-hybridized carbons (Fsp3) is 0.250. The van der Waals surface area contributed by atoms with Gasteiger partial charge in [-0.1, -0.05) is 0 Å². The molecule has 1 aromatic rings. The smallest absolute Gasteiger partial charge is 0.322 e. The van der Waals surface area contributed by atoms with Crippen molar-refractivity contribution in [2.75, 3.05) is 18.0 Å². The van der Waals surface area contributed by atoms with Crippen LogP contribution in [0.25, 0.3) is 0 Å². The van der Waals surface area contributed by atoms with Gasteiger partial charge < -0.3 is 27.6 Å². The SMILES string of the molecule is NC(=O)c1ccc(SCC(N)C(=O)NCC(=O)O)c(N)c1. The largest absolute Gasteiger partial charge is 0.480 e. The number of carboxylic acids is 1. The van der Waals surface area contributed by atoms with Gasteiger partial charge in [-0.05, 0) is 18.2 Å². The van der Waals surface area contributed by atoms with Crippen molar-refractivity contribution in [3.8, 4) is 0 Å². The van der Waals surface area contributed by atoms with Gasteiger partial charge in [-0.3, -0.25) is 14.4 Å². The minimum absolute atomic E-state index is 0.214. The molecule has 0 aromatic heterocycles. The molecule has 1 unspecified atom stereocenters. The Balaban J connectivity index is 2.56. The number of nitrogens with two attached hydrogens (primary N) is 3. The number of carbonyl (C=O) groups is 3. The fourth-order valence-corrected chi connectivity index (χ4v) is 2.28. The number of primary amides is 1. The van der Waals surface area contributed by atoms with Gasteiger partial charge in [-0.25, -0.2) is 0 Å². The lowest BCUT2D eigenvalue weighted by atomic mass is 10.2. The average molecular weight is 312 g/mol. The molecule has 0 saturated heterocycles. The third kappa shape index (κ3) is 5.32. The molecule has 0 heterocycles. The van der Waals surface area contributed by atoms with Crippen LogP contribution in [0.3, 0.4) is 0 Å². The van der Waals surface area contributed by atoms with Crippen LogP contribution < -0.4 is 22.5 Å². The first-order chi connectivity index (χ1) is 9.81. The Bertz CT molecular complexity index is 564. The van der Waals surface area contributed by atoms with Crippen molar-refractivity contribution in [3.05, 3.63) is 23.8 Å². The number of aliphatic carboxylic acids is 1. The second-order valence-corrected chi connectivity index (χ2v) is 5.21. The summed E-state index contributed by atoms with van der Waals surface area (Å²) in [6, 6.07) is 3.71. The van der Waals surface area contributed by atoms with Crippen LogP contribution >= 0.6 is 11.8 Å². The number of carbonyl (C=O) groups excluding carboxylic acids is 2. The maximum absolute atomic E-state index is 11.5. The van der Waals surface area contributed by atoms with Crippen molar-refractivity contribution in [3.63, 3.8) is 0 Å². The Morgan fingerprint density at radius 3 is 2.52 bits per heavy atom. The molecule has 0 aliphatic rings. The number of amides is 2. The molecule has 0 saturated carbocycles. The number of nitrogen functional groups attached to an aromatic ring is 1. The number of hydrogen-bond donors (Lipinski definition) is 5. The van der Waals surface area contributed by atoms with Gasteiger partial charge >= 0.3 is 5.97 Å². The lowest BCUT2D eigenvalue weighted by Crippen LogP contribution is -2.44. The monoisotopic (exact) mass is 312 g/mol. The molecule has 0 aliphatic heterocycles. The number of rotatable bonds is 7. The lowest BCUT2D eigenvalue weighted by Gasteiger charge is -2.12. The molecule has 0 aliphatic carbocycles. The number of thioether (sulfide) groups is 1. The molecule has 1 rings (SSSR count). The van der Waals surface area contributed by atoms with Crippen LogP contribution in [-0.4, -0.2) is 41.2 Å². The zero-order chi connectivity index (χ0) is 16.0.